The molecule has 1 aliphatic heterocycles. The molecule has 8 heteroatoms. The minimum atomic E-state index is -3.91. The summed E-state index contributed by atoms with van der Waals surface area (Å²) in [6.07, 6.45) is 4.39. The molecule has 1 aliphatic rings. The van der Waals surface area contributed by atoms with Crippen LogP contribution in [0.1, 0.15) is 24.2 Å². The van der Waals surface area contributed by atoms with E-state index in [0.29, 0.717) is 30.1 Å². The Morgan fingerprint density at radius 3 is 2.66 bits per heavy atom. The van der Waals surface area contributed by atoms with Crippen molar-refractivity contribution in [1.82, 2.24) is 4.98 Å². The molecule has 0 saturated carbocycles. The molecule has 0 spiro atoms. The molecule has 1 saturated heterocycles. The van der Waals surface area contributed by atoms with Gasteiger partial charge in [0.25, 0.3) is 10.0 Å². The Labute approximate surface area is 169 Å². The zero-order valence-corrected chi connectivity index (χ0v) is 16.8. The molecule has 1 fully saturated rings. The number of rotatable bonds is 6. The fourth-order valence-electron chi connectivity index (χ4n) is 3.47. The number of nitrogens with zero attached hydrogens (tertiary/aromatic N) is 3. The second kappa shape index (κ2) is 7.71. The molecule has 150 valence electrons. The third-order valence-corrected chi connectivity index (χ3v) is 6.81. The van der Waals surface area contributed by atoms with E-state index >= 15 is 0 Å². The van der Waals surface area contributed by atoms with Crippen LogP contribution in [-0.2, 0) is 21.4 Å². The van der Waals surface area contributed by atoms with E-state index in [9.17, 15) is 13.2 Å². The first-order valence-corrected chi connectivity index (χ1v) is 10.8. The molecule has 0 aliphatic carbocycles. The first-order valence-electron chi connectivity index (χ1n) is 9.34. The van der Waals surface area contributed by atoms with E-state index in [4.69, 9.17) is 4.42 Å². The zero-order chi connectivity index (χ0) is 20.4. The van der Waals surface area contributed by atoms with Gasteiger partial charge in [-0.1, -0.05) is 6.07 Å². The lowest BCUT2D eigenvalue weighted by Crippen LogP contribution is -2.32. The SMILES string of the molecule is Cc1cc(N2CCCC2=O)ccc1S(=O)(=O)N(Cc1ccco1)c1ccccn1. The summed E-state index contributed by atoms with van der Waals surface area (Å²) in [7, 11) is -3.91. The number of aromatic nitrogens is 1. The summed E-state index contributed by atoms with van der Waals surface area (Å²) in [5.74, 6) is 0.881. The van der Waals surface area contributed by atoms with Crippen molar-refractivity contribution in [2.45, 2.75) is 31.2 Å². The molecule has 2 aromatic heterocycles. The number of benzene rings is 1. The van der Waals surface area contributed by atoms with Gasteiger partial charge in [0.1, 0.15) is 11.6 Å². The summed E-state index contributed by atoms with van der Waals surface area (Å²) in [6.45, 7) is 2.42. The lowest BCUT2D eigenvalue weighted by molar-refractivity contribution is -0.117. The maximum atomic E-state index is 13.5. The Morgan fingerprint density at radius 1 is 1.17 bits per heavy atom. The average Bonchev–Trinajstić information content (AvgIpc) is 3.38. The number of hydrogen-bond acceptors (Lipinski definition) is 5. The van der Waals surface area contributed by atoms with Crippen LogP contribution < -0.4 is 9.21 Å². The predicted molar refractivity (Wildman–Crippen MR) is 109 cm³/mol. The number of amides is 1. The van der Waals surface area contributed by atoms with Crippen LogP contribution in [0.15, 0.2) is 70.3 Å². The van der Waals surface area contributed by atoms with E-state index < -0.39 is 10.0 Å². The number of sulfonamides is 1. The molecule has 1 amide bonds. The molecule has 0 unspecified atom stereocenters. The first-order chi connectivity index (χ1) is 14.0. The summed E-state index contributed by atoms with van der Waals surface area (Å²) in [5.41, 5.74) is 1.29. The molecule has 0 N–H and O–H groups in total. The lowest BCUT2D eigenvalue weighted by atomic mass is 10.2. The number of aryl methyl sites for hydroxylation is 1. The number of anilines is 2. The Hall–Kier alpha value is -3.13. The number of furan rings is 1. The molecule has 4 rings (SSSR count). The highest BCUT2D eigenvalue weighted by Gasteiger charge is 2.29. The minimum absolute atomic E-state index is 0.0259. The fourth-order valence-corrected chi connectivity index (χ4v) is 5.06. The molecule has 3 aromatic rings. The van der Waals surface area contributed by atoms with E-state index in [-0.39, 0.29) is 17.3 Å². The van der Waals surface area contributed by atoms with Crippen molar-refractivity contribution < 1.29 is 17.6 Å². The van der Waals surface area contributed by atoms with Gasteiger partial charge in [-0.2, -0.15) is 0 Å². The van der Waals surface area contributed by atoms with Crippen molar-refractivity contribution in [2.75, 3.05) is 15.7 Å². The maximum absolute atomic E-state index is 13.5. The highest BCUT2D eigenvalue weighted by Crippen LogP contribution is 2.30. The standard InChI is InChI=1S/C21H21N3O4S/c1-16-14-17(23-12-4-8-21(23)25)9-10-19(16)29(26,27)24(15-18-6-5-13-28-18)20-7-2-3-11-22-20/h2-3,5-7,9-11,13-14H,4,8,12,15H2,1H3. The van der Waals surface area contributed by atoms with Crippen molar-refractivity contribution >= 4 is 27.4 Å². The van der Waals surface area contributed by atoms with Gasteiger partial charge in [-0.3, -0.25) is 4.79 Å². The van der Waals surface area contributed by atoms with Crippen molar-refractivity contribution in [2.24, 2.45) is 0 Å². The average molecular weight is 411 g/mol. The van der Waals surface area contributed by atoms with Gasteiger partial charge >= 0.3 is 0 Å². The quantitative estimate of drug-likeness (QED) is 0.620. The summed E-state index contributed by atoms with van der Waals surface area (Å²) >= 11 is 0. The van der Waals surface area contributed by atoms with Gasteiger partial charge in [0, 0.05) is 24.8 Å². The van der Waals surface area contributed by atoms with Crippen molar-refractivity contribution in [3.8, 4) is 0 Å². The Morgan fingerprint density at radius 2 is 2.03 bits per heavy atom. The first kappa shape index (κ1) is 19.2. The number of pyridine rings is 1. The van der Waals surface area contributed by atoms with Crippen LogP contribution in [0, 0.1) is 6.92 Å². The van der Waals surface area contributed by atoms with Gasteiger partial charge < -0.3 is 9.32 Å². The summed E-state index contributed by atoms with van der Waals surface area (Å²) in [5, 5.41) is 0. The minimum Gasteiger partial charge on any atom is -0.467 e. The van der Waals surface area contributed by atoms with Crippen molar-refractivity contribution in [3.63, 3.8) is 0 Å². The topological polar surface area (TPSA) is 83.7 Å². The highest BCUT2D eigenvalue weighted by atomic mass is 32.2. The smallest absolute Gasteiger partial charge is 0.266 e. The molecule has 0 radical (unpaired) electrons. The maximum Gasteiger partial charge on any atom is 0.266 e. The van der Waals surface area contributed by atoms with E-state index in [0.717, 1.165) is 12.1 Å². The number of carbonyl (C=O) groups is 1. The highest BCUT2D eigenvalue weighted by molar-refractivity contribution is 7.92. The monoisotopic (exact) mass is 411 g/mol. The number of hydrogen-bond donors (Lipinski definition) is 0. The lowest BCUT2D eigenvalue weighted by Gasteiger charge is -2.24. The van der Waals surface area contributed by atoms with E-state index in [1.165, 1.54) is 10.6 Å². The van der Waals surface area contributed by atoms with Crippen LogP contribution in [0.3, 0.4) is 0 Å². The molecule has 0 atom stereocenters. The largest absolute Gasteiger partial charge is 0.467 e. The molecule has 0 bridgehead atoms. The van der Waals surface area contributed by atoms with Crippen molar-refractivity contribution in [3.05, 3.63) is 72.3 Å². The van der Waals surface area contributed by atoms with Gasteiger partial charge in [0.2, 0.25) is 5.91 Å². The second-order valence-electron chi connectivity index (χ2n) is 6.88. The second-order valence-corrected chi connectivity index (χ2v) is 8.71. The summed E-state index contributed by atoms with van der Waals surface area (Å²) in [4.78, 5) is 18.1. The predicted octanol–water partition coefficient (Wildman–Crippen LogP) is 3.51. The van der Waals surface area contributed by atoms with Gasteiger partial charge in [0.15, 0.2) is 0 Å². The normalized spacial score (nSPS) is 14.4. The zero-order valence-electron chi connectivity index (χ0n) is 16.0. The number of carbonyl (C=O) groups excluding carboxylic acids is 1. The molecule has 3 heterocycles. The Balaban J connectivity index is 1.73. The Kier molecular flexibility index (Phi) is 5.10. The van der Waals surface area contributed by atoms with E-state index in [2.05, 4.69) is 4.98 Å². The van der Waals surface area contributed by atoms with Crippen LogP contribution in [0.5, 0.6) is 0 Å². The van der Waals surface area contributed by atoms with Crippen LogP contribution in [0.2, 0.25) is 0 Å². The fraction of sp³-hybridized carbons (Fsp3) is 0.238. The third kappa shape index (κ3) is 3.75. The molecule has 7 nitrogen and oxygen atoms in total. The molecular weight excluding hydrogens is 390 g/mol. The van der Waals surface area contributed by atoms with Gasteiger partial charge in [-0.15, -0.1) is 0 Å². The Bertz CT molecular complexity index is 1110. The summed E-state index contributed by atoms with van der Waals surface area (Å²) in [6, 6.07) is 13.5. The summed E-state index contributed by atoms with van der Waals surface area (Å²) < 4.78 is 33.7. The third-order valence-electron chi connectivity index (χ3n) is 4.90. The van der Waals surface area contributed by atoms with Gasteiger partial charge in [-0.05, 0) is 61.4 Å². The van der Waals surface area contributed by atoms with Crippen LogP contribution in [0.25, 0.3) is 0 Å². The molecule has 1 aromatic carbocycles. The van der Waals surface area contributed by atoms with Gasteiger partial charge in [0.05, 0.1) is 17.7 Å². The van der Waals surface area contributed by atoms with E-state index in [1.54, 1.807) is 66.6 Å². The van der Waals surface area contributed by atoms with Crippen molar-refractivity contribution in [1.29, 1.82) is 0 Å². The molecular formula is C21H21N3O4S. The van der Waals surface area contributed by atoms with E-state index in [1.807, 2.05) is 0 Å². The van der Waals surface area contributed by atoms with Crippen LogP contribution >= 0.6 is 0 Å². The molecule has 29 heavy (non-hydrogen) atoms. The van der Waals surface area contributed by atoms with Gasteiger partial charge in [-0.25, -0.2) is 17.7 Å². The van der Waals surface area contributed by atoms with Crippen LogP contribution in [-0.4, -0.2) is 25.9 Å². The van der Waals surface area contributed by atoms with Crippen LogP contribution in [0.4, 0.5) is 11.5 Å².